The molecule has 212 valence electrons. The highest BCUT2D eigenvalue weighted by molar-refractivity contribution is 5.93. The molecule has 0 saturated carbocycles. The van der Waals surface area contributed by atoms with Gasteiger partial charge in [-0.25, -0.2) is 4.98 Å². The fourth-order valence-electron chi connectivity index (χ4n) is 4.56. The van der Waals surface area contributed by atoms with Crippen LogP contribution in [0.15, 0.2) is 60.5 Å². The number of ether oxygens (including phenoxy) is 1. The number of amides is 2. The molecule has 0 aliphatic carbocycles. The lowest BCUT2D eigenvalue weighted by molar-refractivity contribution is -0.236. The number of fused-ring (bicyclic) bond motifs is 1. The Labute approximate surface area is 229 Å². The Bertz CT molecular complexity index is 1450. The molecule has 0 spiro atoms. The Morgan fingerprint density at radius 2 is 1.98 bits per heavy atom. The molecule has 4 heterocycles. The molecule has 1 fully saturated rings. The van der Waals surface area contributed by atoms with Gasteiger partial charge in [0.15, 0.2) is 6.10 Å². The summed E-state index contributed by atoms with van der Waals surface area (Å²) in [4.78, 5) is 38.0. The molecule has 1 aliphatic heterocycles. The maximum absolute atomic E-state index is 13.1. The van der Waals surface area contributed by atoms with Crippen molar-refractivity contribution in [3.05, 3.63) is 60.5 Å². The molecule has 3 aromatic heterocycles. The molecule has 0 bridgehead atoms. The lowest BCUT2D eigenvalue weighted by Gasteiger charge is -2.35. The molecular weight excluding hydrogens is 527 g/mol. The summed E-state index contributed by atoms with van der Waals surface area (Å²) in [5.41, 5.74) is 3.94. The third-order valence-electron chi connectivity index (χ3n) is 6.80. The van der Waals surface area contributed by atoms with Crippen molar-refractivity contribution in [2.45, 2.75) is 26.1 Å². The van der Waals surface area contributed by atoms with Crippen LogP contribution in [0, 0.1) is 0 Å². The van der Waals surface area contributed by atoms with Crippen molar-refractivity contribution in [2.24, 2.45) is 7.05 Å². The van der Waals surface area contributed by atoms with Crippen molar-refractivity contribution in [3.63, 3.8) is 0 Å². The number of halogens is 3. The van der Waals surface area contributed by atoms with Crippen LogP contribution < -0.4 is 4.90 Å². The van der Waals surface area contributed by atoms with Crippen LogP contribution in [0.3, 0.4) is 0 Å². The number of morpholine rings is 1. The van der Waals surface area contributed by atoms with Gasteiger partial charge < -0.3 is 14.5 Å². The van der Waals surface area contributed by atoms with E-state index in [1.807, 2.05) is 13.1 Å². The van der Waals surface area contributed by atoms with E-state index in [9.17, 15) is 22.8 Å². The number of nitrogens with zero attached hydrogens (tertiary/aromatic N) is 7. The van der Waals surface area contributed by atoms with Crippen molar-refractivity contribution < 1.29 is 27.5 Å². The normalized spacial score (nSPS) is 16.5. The van der Waals surface area contributed by atoms with E-state index in [0.717, 1.165) is 26.9 Å². The summed E-state index contributed by atoms with van der Waals surface area (Å²) in [6, 6.07) is 3.50. The number of aromatic nitrogens is 4. The molecule has 13 heteroatoms. The minimum absolute atomic E-state index is 0.0639. The van der Waals surface area contributed by atoms with Gasteiger partial charge in [0.05, 0.1) is 43.3 Å². The maximum Gasteiger partial charge on any atom is 0.416 e. The SMILES string of the molecule is C=C(C)/C(=C(\C)N(C)CC(=O)N1CCOC(C(F)(F)F)C1)N(C=O)c1ccc(-c2cncc3c2cnn3C)cn1. The van der Waals surface area contributed by atoms with Gasteiger partial charge in [-0.15, -0.1) is 0 Å². The number of aryl methyl sites for hydroxylation is 1. The number of hydrogen-bond acceptors (Lipinski definition) is 7. The topological polar surface area (TPSA) is 96.7 Å². The Morgan fingerprint density at radius 3 is 2.60 bits per heavy atom. The largest absolute Gasteiger partial charge is 0.416 e. The molecular formula is C27H30F3N7O3. The summed E-state index contributed by atoms with van der Waals surface area (Å²) in [6.45, 7) is 6.51. The van der Waals surface area contributed by atoms with Gasteiger partial charge in [-0.1, -0.05) is 6.58 Å². The third-order valence-corrected chi connectivity index (χ3v) is 6.80. The van der Waals surface area contributed by atoms with E-state index in [1.165, 1.54) is 4.90 Å². The predicted octanol–water partition coefficient (Wildman–Crippen LogP) is 3.52. The summed E-state index contributed by atoms with van der Waals surface area (Å²) >= 11 is 0. The minimum Gasteiger partial charge on any atom is -0.367 e. The fourth-order valence-corrected chi connectivity index (χ4v) is 4.56. The quantitative estimate of drug-likeness (QED) is 0.309. The number of carbonyl (C=O) groups excluding carboxylic acids is 2. The van der Waals surface area contributed by atoms with Crippen LogP contribution in [0.5, 0.6) is 0 Å². The van der Waals surface area contributed by atoms with E-state index >= 15 is 0 Å². The van der Waals surface area contributed by atoms with Crippen molar-refractivity contribution in [3.8, 4) is 11.1 Å². The fraction of sp³-hybridized carbons (Fsp3) is 0.370. The van der Waals surface area contributed by atoms with Gasteiger partial charge in [0.2, 0.25) is 12.3 Å². The van der Waals surface area contributed by atoms with Crippen LogP contribution >= 0.6 is 0 Å². The molecule has 1 atom stereocenters. The van der Waals surface area contributed by atoms with E-state index in [0.29, 0.717) is 29.2 Å². The number of allylic oxidation sites excluding steroid dienone is 2. The second-order valence-electron chi connectivity index (χ2n) is 9.58. The maximum atomic E-state index is 13.1. The average Bonchev–Trinajstić information content (AvgIpc) is 3.31. The van der Waals surface area contributed by atoms with Crippen LogP contribution in [0.1, 0.15) is 13.8 Å². The average molecular weight is 558 g/mol. The Balaban J connectivity index is 1.56. The standard InChI is InChI=1S/C27H30F3N7O3/c1-17(2)26(18(3)34(4)15-25(39)36-8-9-40-23(14-36)27(28,29)30)37(16-38)24-7-6-19(10-32-24)20-11-31-13-22-21(20)12-33-35(22)5/h6-7,10-13,16,23H,1,8-9,14-15H2,2-5H3/b26-18-. The first-order valence-corrected chi connectivity index (χ1v) is 12.4. The molecule has 2 amide bonds. The van der Waals surface area contributed by atoms with Crippen molar-refractivity contribution in [1.29, 1.82) is 0 Å². The number of rotatable bonds is 8. The third kappa shape index (κ3) is 5.83. The summed E-state index contributed by atoms with van der Waals surface area (Å²) < 4.78 is 45.8. The number of hydrogen-bond donors (Lipinski definition) is 0. The van der Waals surface area contributed by atoms with Gasteiger partial charge in [-0.05, 0) is 31.6 Å². The van der Waals surface area contributed by atoms with Crippen LogP contribution in [0.25, 0.3) is 22.0 Å². The molecule has 3 aromatic rings. The highest BCUT2D eigenvalue weighted by atomic mass is 19.4. The van der Waals surface area contributed by atoms with Crippen molar-refractivity contribution in [1.82, 2.24) is 29.5 Å². The summed E-state index contributed by atoms with van der Waals surface area (Å²) in [5, 5.41) is 5.19. The second kappa shape index (κ2) is 11.5. The number of pyridine rings is 2. The Morgan fingerprint density at radius 1 is 1.23 bits per heavy atom. The van der Waals surface area contributed by atoms with Gasteiger partial charge in [-0.2, -0.15) is 18.3 Å². The summed E-state index contributed by atoms with van der Waals surface area (Å²) in [5.74, 6) is -0.165. The summed E-state index contributed by atoms with van der Waals surface area (Å²) in [7, 11) is 3.45. The Kier molecular flexibility index (Phi) is 8.24. The van der Waals surface area contributed by atoms with E-state index in [4.69, 9.17) is 4.74 Å². The van der Waals surface area contributed by atoms with E-state index < -0.39 is 24.7 Å². The first kappa shape index (κ1) is 28.7. The minimum atomic E-state index is -4.55. The van der Waals surface area contributed by atoms with Crippen LogP contribution in [0.4, 0.5) is 19.0 Å². The highest BCUT2D eigenvalue weighted by Crippen LogP contribution is 2.30. The van der Waals surface area contributed by atoms with E-state index in [-0.39, 0.29) is 19.7 Å². The molecule has 1 unspecified atom stereocenters. The molecule has 0 aromatic carbocycles. The smallest absolute Gasteiger partial charge is 0.367 e. The van der Waals surface area contributed by atoms with Gasteiger partial charge in [-0.3, -0.25) is 24.2 Å². The Hall–Kier alpha value is -4.26. The molecule has 40 heavy (non-hydrogen) atoms. The molecule has 10 nitrogen and oxygen atoms in total. The lowest BCUT2D eigenvalue weighted by Crippen LogP contribution is -2.52. The molecule has 0 N–H and O–H groups in total. The van der Waals surface area contributed by atoms with E-state index in [1.54, 1.807) is 61.3 Å². The number of likely N-dealkylation sites (N-methyl/N-ethyl adjacent to an activating group) is 1. The van der Waals surface area contributed by atoms with Crippen LogP contribution in [-0.2, 0) is 21.4 Å². The van der Waals surface area contributed by atoms with Gasteiger partial charge >= 0.3 is 6.18 Å². The van der Waals surface area contributed by atoms with Crippen molar-refractivity contribution >= 4 is 29.0 Å². The number of alkyl halides is 3. The highest BCUT2D eigenvalue weighted by Gasteiger charge is 2.44. The van der Waals surface area contributed by atoms with Crippen LogP contribution in [0.2, 0.25) is 0 Å². The number of anilines is 1. The first-order valence-electron chi connectivity index (χ1n) is 12.4. The second-order valence-corrected chi connectivity index (χ2v) is 9.58. The molecule has 1 aliphatic rings. The van der Waals surface area contributed by atoms with E-state index in [2.05, 4.69) is 21.6 Å². The first-order chi connectivity index (χ1) is 18.9. The van der Waals surface area contributed by atoms with Gasteiger partial charge in [0.1, 0.15) is 5.82 Å². The van der Waals surface area contributed by atoms with Gasteiger partial charge in [0, 0.05) is 55.2 Å². The van der Waals surface area contributed by atoms with Crippen LogP contribution in [-0.4, -0.2) is 87.4 Å². The molecule has 4 rings (SSSR count). The number of carbonyl (C=O) groups is 2. The monoisotopic (exact) mass is 557 g/mol. The molecule has 1 saturated heterocycles. The lowest BCUT2D eigenvalue weighted by atomic mass is 10.1. The zero-order chi connectivity index (χ0) is 29.2. The zero-order valence-electron chi connectivity index (χ0n) is 22.6. The zero-order valence-corrected chi connectivity index (χ0v) is 22.6. The van der Waals surface area contributed by atoms with Crippen molar-refractivity contribution in [2.75, 3.05) is 38.2 Å². The summed E-state index contributed by atoms with van der Waals surface area (Å²) in [6.07, 6.45) is 0.858. The van der Waals surface area contributed by atoms with Gasteiger partial charge in [0.25, 0.3) is 0 Å². The predicted molar refractivity (Wildman–Crippen MR) is 143 cm³/mol. The molecule has 0 radical (unpaired) electrons.